The molecule has 0 atom stereocenters. The number of rotatable bonds is 8. The molecule has 0 heterocycles. The van der Waals surface area contributed by atoms with E-state index in [0.717, 1.165) is 11.4 Å². The molecular formula is C26H30N8O2. The number of nitrogens with zero attached hydrogens (tertiary/aromatic N) is 2. The molecule has 36 heavy (non-hydrogen) atoms. The van der Waals surface area contributed by atoms with Gasteiger partial charge in [-0.2, -0.15) is 0 Å². The molecule has 0 saturated heterocycles. The van der Waals surface area contributed by atoms with E-state index in [-0.39, 0.29) is 11.8 Å². The number of amides is 2. The Morgan fingerprint density at radius 1 is 0.556 bits per heavy atom. The lowest BCUT2D eigenvalue weighted by atomic mass is 10.1. The first-order valence-electron chi connectivity index (χ1n) is 11.4. The van der Waals surface area contributed by atoms with E-state index < -0.39 is 0 Å². The Morgan fingerprint density at radius 3 is 1.11 bits per heavy atom. The molecule has 3 aromatic rings. The van der Waals surface area contributed by atoms with E-state index >= 15 is 0 Å². The van der Waals surface area contributed by atoms with Crippen molar-refractivity contribution in [1.82, 2.24) is 0 Å². The zero-order valence-corrected chi connectivity index (χ0v) is 20.2. The summed E-state index contributed by atoms with van der Waals surface area (Å²) in [6.07, 6.45) is 0. The van der Waals surface area contributed by atoms with Gasteiger partial charge in [0.2, 0.25) is 0 Å². The quantitative estimate of drug-likeness (QED) is 0.210. The Bertz CT molecular complexity index is 1140. The van der Waals surface area contributed by atoms with Crippen LogP contribution in [0, 0.1) is 0 Å². The maximum Gasteiger partial charge on any atom is 0.255 e. The molecule has 8 N–H and O–H groups in total. The molecule has 0 saturated carbocycles. The third kappa shape index (κ3) is 7.59. The number of anilines is 4. The first kappa shape index (κ1) is 25.8. The van der Waals surface area contributed by atoms with Crippen molar-refractivity contribution < 1.29 is 9.59 Å². The van der Waals surface area contributed by atoms with Crippen LogP contribution in [0.5, 0.6) is 0 Å². The van der Waals surface area contributed by atoms with E-state index in [2.05, 4.69) is 31.3 Å². The predicted molar refractivity (Wildman–Crippen MR) is 147 cm³/mol. The summed E-state index contributed by atoms with van der Waals surface area (Å²) in [6.45, 7) is 4.96. The van der Waals surface area contributed by atoms with Crippen molar-refractivity contribution >= 4 is 46.5 Å². The summed E-state index contributed by atoms with van der Waals surface area (Å²) in [5.41, 5.74) is 15.1. The highest BCUT2D eigenvalue weighted by molar-refractivity contribution is 6.07. The number of aliphatic imine (C=N–C) groups is 2. The van der Waals surface area contributed by atoms with Gasteiger partial charge in [-0.05, 0) is 86.6 Å². The Balaban J connectivity index is 1.55. The number of nitrogens with one attached hydrogen (secondary N) is 4. The summed E-state index contributed by atoms with van der Waals surface area (Å²) in [6, 6.07) is 20.6. The number of carbonyl (C=O) groups is 2. The van der Waals surface area contributed by atoms with Crippen LogP contribution in [-0.2, 0) is 0 Å². The molecule has 10 heteroatoms. The summed E-state index contributed by atoms with van der Waals surface area (Å²) in [4.78, 5) is 33.3. The zero-order chi connectivity index (χ0) is 25.9. The molecule has 0 aliphatic carbocycles. The van der Waals surface area contributed by atoms with E-state index in [9.17, 15) is 9.59 Å². The fourth-order valence-corrected chi connectivity index (χ4v) is 3.17. The lowest BCUT2D eigenvalue weighted by Gasteiger charge is -2.10. The molecule has 3 aromatic carbocycles. The van der Waals surface area contributed by atoms with E-state index in [1.807, 2.05) is 13.8 Å². The van der Waals surface area contributed by atoms with Crippen molar-refractivity contribution in [2.75, 3.05) is 34.4 Å². The molecule has 2 amide bonds. The first-order valence-corrected chi connectivity index (χ1v) is 11.4. The number of hydrogen-bond acceptors (Lipinski definition) is 4. The van der Waals surface area contributed by atoms with E-state index in [1.54, 1.807) is 72.8 Å². The zero-order valence-electron chi connectivity index (χ0n) is 20.2. The van der Waals surface area contributed by atoms with Gasteiger partial charge in [0.05, 0.1) is 0 Å². The summed E-state index contributed by atoms with van der Waals surface area (Å²) in [7, 11) is 0. The van der Waals surface area contributed by atoms with Crippen LogP contribution in [0.15, 0.2) is 82.8 Å². The fourth-order valence-electron chi connectivity index (χ4n) is 3.17. The molecule has 0 fully saturated rings. The topological polar surface area (TPSA) is 159 Å². The average Bonchev–Trinajstić information content (AvgIpc) is 2.87. The summed E-state index contributed by atoms with van der Waals surface area (Å²) in [5.74, 6) is 0.0809. The summed E-state index contributed by atoms with van der Waals surface area (Å²) in [5, 5.41) is 11.6. The van der Waals surface area contributed by atoms with Gasteiger partial charge in [0, 0.05) is 47.0 Å². The minimum absolute atomic E-state index is 0.288. The van der Waals surface area contributed by atoms with Crippen molar-refractivity contribution in [3.8, 4) is 0 Å². The van der Waals surface area contributed by atoms with Crippen LogP contribution in [0.1, 0.15) is 34.6 Å². The summed E-state index contributed by atoms with van der Waals surface area (Å²) >= 11 is 0. The summed E-state index contributed by atoms with van der Waals surface area (Å²) < 4.78 is 0. The lowest BCUT2D eigenvalue weighted by Crippen LogP contribution is -2.22. The van der Waals surface area contributed by atoms with Crippen molar-refractivity contribution in [2.24, 2.45) is 21.5 Å². The monoisotopic (exact) mass is 486 g/mol. The molecule has 0 aliphatic heterocycles. The van der Waals surface area contributed by atoms with E-state index in [4.69, 9.17) is 11.5 Å². The van der Waals surface area contributed by atoms with Crippen LogP contribution in [0.3, 0.4) is 0 Å². The highest BCUT2D eigenvalue weighted by Gasteiger charge is 2.10. The Hall–Kier alpha value is -4.86. The van der Waals surface area contributed by atoms with Gasteiger partial charge in [0.15, 0.2) is 11.9 Å². The standard InChI is InChI=1S/C26H30N8O2/c1-3-29-25(27)33-21-13-9-19(10-14-21)31-23(35)17-5-7-18(8-6-17)24(36)32-20-11-15-22(16-12-20)34-26(28)30-4-2/h5-16H,3-4H2,1-2H3,(H,31,35)(H,32,36)(H3,27,29,33)(H3,28,30,34). The number of carbonyl (C=O) groups excluding carboxylic acids is 2. The molecule has 0 bridgehead atoms. The lowest BCUT2D eigenvalue weighted by molar-refractivity contribution is 0.101. The smallest absolute Gasteiger partial charge is 0.255 e. The normalized spacial score (nSPS) is 11.5. The van der Waals surface area contributed by atoms with Crippen molar-refractivity contribution in [1.29, 1.82) is 0 Å². The van der Waals surface area contributed by atoms with Gasteiger partial charge in [-0.1, -0.05) is 0 Å². The molecule has 186 valence electrons. The molecule has 0 aromatic heterocycles. The van der Waals surface area contributed by atoms with E-state index in [0.29, 0.717) is 47.5 Å². The van der Waals surface area contributed by atoms with Crippen LogP contribution < -0.4 is 32.7 Å². The van der Waals surface area contributed by atoms with Crippen LogP contribution in [0.4, 0.5) is 22.7 Å². The van der Waals surface area contributed by atoms with Crippen LogP contribution in [-0.4, -0.2) is 36.8 Å². The molecule has 0 radical (unpaired) electrons. The molecule has 10 nitrogen and oxygen atoms in total. The van der Waals surface area contributed by atoms with Crippen LogP contribution >= 0.6 is 0 Å². The molecular weight excluding hydrogens is 456 g/mol. The van der Waals surface area contributed by atoms with Crippen LogP contribution in [0.2, 0.25) is 0 Å². The van der Waals surface area contributed by atoms with Gasteiger partial charge in [0.1, 0.15) is 0 Å². The second-order valence-electron chi connectivity index (χ2n) is 7.61. The maximum atomic E-state index is 12.6. The van der Waals surface area contributed by atoms with E-state index in [1.165, 1.54) is 0 Å². The molecule has 3 rings (SSSR count). The Morgan fingerprint density at radius 2 is 0.833 bits per heavy atom. The van der Waals surface area contributed by atoms with Gasteiger partial charge in [0.25, 0.3) is 11.8 Å². The van der Waals surface area contributed by atoms with Crippen molar-refractivity contribution in [2.45, 2.75) is 13.8 Å². The molecule has 0 spiro atoms. The highest BCUT2D eigenvalue weighted by Crippen LogP contribution is 2.17. The van der Waals surface area contributed by atoms with Gasteiger partial charge in [-0.3, -0.25) is 19.6 Å². The largest absolute Gasteiger partial charge is 0.370 e. The number of benzene rings is 3. The second-order valence-corrected chi connectivity index (χ2v) is 7.61. The van der Waals surface area contributed by atoms with Crippen LogP contribution in [0.25, 0.3) is 0 Å². The average molecular weight is 487 g/mol. The third-order valence-electron chi connectivity index (χ3n) is 4.90. The van der Waals surface area contributed by atoms with Crippen molar-refractivity contribution in [3.05, 3.63) is 83.9 Å². The highest BCUT2D eigenvalue weighted by atomic mass is 16.2. The molecule has 0 aliphatic rings. The minimum Gasteiger partial charge on any atom is -0.370 e. The minimum atomic E-state index is -0.288. The Kier molecular flexibility index (Phi) is 8.99. The third-order valence-corrected chi connectivity index (χ3v) is 4.90. The fraction of sp³-hybridized carbons (Fsp3) is 0.154. The van der Waals surface area contributed by atoms with Gasteiger partial charge in [-0.25, -0.2) is 0 Å². The first-order chi connectivity index (χ1) is 17.4. The van der Waals surface area contributed by atoms with Crippen molar-refractivity contribution in [3.63, 3.8) is 0 Å². The number of hydrogen-bond donors (Lipinski definition) is 6. The number of guanidine groups is 2. The van der Waals surface area contributed by atoms with Gasteiger partial charge in [-0.15, -0.1) is 0 Å². The maximum absolute atomic E-state index is 12.6. The molecule has 0 unspecified atom stereocenters. The Labute approximate surface area is 209 Å². The SMILES string of the molecule is CCN=C(N)Nc1ccc(NC(=O)c2ccc(C(=O)Nc3ccc(NC(N)=NCC)cc3)cc2)cc1. The second kappa shape index (κ2) is 12.6. The predicted octanol–water partition coefficient (Wildman–Crippen LogP) is 3.68. The van der Waals surface area contributed by atoms with Gasteiger partial charge < -0.3 is 32.7 Å². The van der Waals surface area contributed by atoms with Gasteiger partial charge >= 0.3 is 0 Å². The number of nitrogens with two attached hydrogens (primary N) is 2.